The van der Waals surface area contributed by atoms with E-state index in [4.69, 9.17) is 5.11 Å². The number of hydrogen-bond acceptors (Lipinski definition) is 3. The van der Waals surface area contributed by atoms with E-state index in [1.54, 1.807) is 4.90 Å². The second-order valence-corrected chi connectivity index (χ2v) is 5.83. The molecule has 0 radical (unpaired) electrons. The first-order valence-electron chi connectivity index (χ1n) is 7.58. The maximum atomic E-state index is 12.3. The molecule has 2 rings (SSSR count). The van der Waals surface area contributed by atoms with Gasteiger partial charge in [0.15, 0.2) is 0 Å². The lowest BCUT2D eigenvalue weighted by atomic mass is 10.3. The van der Waals surface area contributed by atoms with E-state index < -0.39 is 5.97 Å². The minimum Gasteiger partial charge on any atom is -0.480 e. The lowest BCUT2D eigenvalue weighted by Crippen LogP contribution is -2.54. The first-order valence-corrected chi connectivity index (χ1v) is 7.58. The Morgan fingerprint density at radius 1 is 1.20 bits per heavy atom. The molecule has 0 aromatic carbocycles. The summed E-state index contributed by atoms with van der Waals surface area (Å²) in [5.41, 5.74) is 0. The third-order valence-corrected chi connectivity index (χ3v) is 3.95. The van der Waals surface area contributed by atoms with E-state index in [2.05, 4.69) is 4.90 Å². The van der Waals surface area contributed by atoms with Crippen LogP contribution >= 0.6 is 0 Å². The van der Waals surface area contributed by atoms with Gasteiger partial charge in [0.25, 0.3) is 0 Å². The first-order chi connectivity index (χ1) is 9.60. The quantitative estimate of drug-likeness (QED) is 0.787. The van der Waals surface area contributed by atoms with Crippen LogP contribution in [0.15, 0.2) is 0 Å². The van der Waals surface area contributed by atoms with Crippen molar-refractivity contribution in [3.8, 4) is 0 Å². The van der Waals surface area contributed by atoms with Crippen molar-refractivity contribution in [1.82, 2.24) is 14.7 Å². The molecule has 0 bridgehead atoms. The molecule has 1 aliphatic carbocycles. The van der Waals surface area contributed by atoms with Crippen LogP contribution in [-0.2, 0) is 4.79 Å². The van der Waals surface area contributed by atoms with Crippen LogP contribution in [0.5, 0.6) is 0 Å². The number of piperazine rings is 1. The number of urea groups is 1. The highest BCUT2D eigenvalue weighted by Gasteiger charge is 2.29. The predicted molar refractivity (Wildman–Crippen MR) is 75.6 cm³/mol. The topological polar surface area (TPSA) is 64.1 Å². The van der Waals surface area contributed by atoms with E-state index in [0.29, 0.717) is 19.6 Å². The average Bonchev–Trinajstić information content (AvgIpc) is 3.22. The lowest BCUT2D eigenvalue weighted by Gasteiger charge is -2.37. The Labute approximate surface area is 120 Å². The van der Waals surface area contributed by atoms with Gasteiger partial charge in [0.1, 0.15) is 6.54 Å². The normalized spacial score (nSPS) is 19.9. The summed E-state index contributed by atoms with van der Waals surface area (Å²) in [4.78, 5) is 28.8. The van der Waals surface area contributed by atoms with Crippen LogP contribution in [0.4, 0.5) is 4.79 Å². The highest BCUT2D eigenvalue weighted by Crippen LogP contribution is 2.29. The van der Waals surface area contributed by atoms with E-state index in [-0.39, 0.29) is 12.6 Å². The van der Waals surface area contributed by atoms with Crippen molar-refractivity contribution >= 4 is 12.0 Å². The van der Waals surface area contributed by atoms with Crippen molar-refractivity contribution in [1.29, 1.82) is 0 Å². The minimum atomic E-state index is -0.945. The van der Waals surface area contributed by atoms with Crippen molar-refractivity contribution in [2.75, 3.05) is 45.8 Å². The molecule has 2 fully saturated rings. The monoisotopic (exact) mass is 283 g/mol. The summed E-state index contributed by atoms with van der Waals surface area (Å²) in [6.07, 6.45) is 3.48. The molecule has 1 saturated heterocycles. The Kier molecular flexibility index (Phi) is 5.23. The Morgan fingerprint density at radius 2 is 1.85 bits per heavy atom. The number of rotatable bonds is 6. The Morgan fingerprint density at radius 3 is 2.35 bits per heavy atom. The molecule has 114 valence electrons. The van der Waals surface area contributed by atoms with Gasteiger partial charge in [0, 0.05) is 39.3 Å². The lowest BCUT2D eigenvalue weighted by molar-refractivity contribution is -0.137. The zero-order chi connectivity index (χ0) is 14.5. The van der Waals surface area contributed by atoms with Crippen molar-refractivity contribution in [3.05, 3.63) is 0 Å². The van der Waals surface area contributed by atoms with E-state index in [9.17, 15) is 9.59 Å². The number of hydrogen-bond donors (Lipinski definition) is 1. The van der Waals surface area contributed by atoms with E-state index in [1.165, 1.54) is 17.7 Å². The Bertz CT molecular complexity index is 350. The van der Waals surface area contributed by atoms with Gasteiger partial charge in [-0.3, -0.25) is 9.69 Å². The molecule has 1 saturated carbocycles. The van der Waals surface area contributed by atoms with Crippen LogP contribution in [0.3, 0.4) is 0 Å². The number of carbonyl (C=O) groups is 2. The fraction of sp³-hybridized carbons (Fsp3) is 0.857. The van der Waals surface area contributed by atoms with Gasteiger partial charge in [-0.25, -0.2) is 4.79 Å². The van der Waals surface area contributed by atoms with Crippen molar-refractivity contribution in [2.45, 2.75) is 26.2 Å². The predicted octanol–water partition coefficient (Wildman–Crippen LogP) is 0.931. The van der Waals surface area contributed by atoms with E-state index >= 15 is 0 Å². The molecule has 0 atom stereocenters. The number of aliphatic carboxylic acids is 1. The largest absolute Gasteiger partial charge is 0.480 e. The standard InChI is InChI=1S/C14H25N3O3/c1-2-5-17(11-13(18)19)14(20)16-8-6-15(7-9-16)10-12-3-4-12/h12H,2-11H2,1H3,(H,18,19). The molecule has 1 N–H and O–H groups in total. The molecule has 6 nitrogen and oxygen atoms in total. The minimum absolute atomic E-state index is 0.125. The van der Waals surface area contributed by atoms with Crippen molar-refractivity contribution in [2.24, 2.45) is 5.92 Å². The summed E-state index contributed by atoms with van der Waals surface area (Å²) >= 11 is 0. The summed E-state index contributed by atoms with van der Waals surface area (Å²) in [6.45, 7) is 6.68. The SMILES string of the molecule is CCCN(CC(=O)O)C(=O)N1CCN(CC2CC2)CC1. The van der Waals surface area contributed by atoms with Crippen molar-refractivity contribution in [3.63, 3.8) is 0 Å². The fourth-order valence-corrected chi connectivity index (χ4v) is 2.66. The highest BCUT2D eigenvalue weighted by molar-refractivity contribution is 5.80. The highest BCUT2D eigenvalue weighted by atomic mass is 16.4. The van der Waals surface area contributed by atoms with Gasteiger partial charge < -0.3 is 14.9 Å². The smallest absolute Gasteiger partial charge is 0.323 e. The molecule has 20 heavy (non-hydrogen) atoms. The zero-order valence-corrected chi connectivity index (χ0v) is 12.3. The first kappa shape index (κ1) is 15.1. The van der Waals surface area contributed by atoms with Crippen LogP contribution in [0.25, 0.3) is 0 Å². The molecular weight excluding hydrogens is 258 g/mol. The zero-order valence-electron chi connectivity index (χ0n) is 12.3. The van der Waals surface area contributed by atoms with Gasteiger partial charge in [0.05, 0.1) is 0 Å². The molecule has 0 spiro atoms. The number of carboxylic acids is 1. The van der Waals surface area contributed by atoms with Crippen LogP contribution in [-0.4, -0.2) is 77.6 Å². The summed E-state index contributed by atoms with van der Waals surface area (Å²) in [6, 6.07) is -0.125. The molecule has 0 aromatic rings. The van der Waals surface area contributed by atoms with Gasteiger partial charge in [-0.15, -0.1) is 0 Å². The molecule has 0 unspecified atom stereocenters. The summed E-state index contributed by atoms with van der Waals surface area (Å²) < 4.78 is 0. The maximum Gasteiger partial charge on any atom is 0.323 e. The molecular formula is C14H25N3O3. The third-order valence-electron chi connectivity index (χ3n) is 3.95. The number of amides is 2. The van der Waals surface area contributed by atoms with Gasteiger partial charge in [-0.1, -0.05) is 6.92 Å². The van der Waals surface area contributed by atoms with Gasteiger partial charge >= 0.3 is 12.0 Å². The van der Waals surface area contributed by atoms with E-state index in [0.717, 1.165) is 32.0 Å². The molecule has 1 aliphatic heterocycles. The molecule has 6 heteroatoms. The Balaban J connectivity index is 1.80. The number of carboxylic acid groups (broad SMARTS) is 1. The summed E-state index contributed by atoms with van der Waals surface area (Å²) in [5.74, 6) is -0.0694. The van der Waals surface area contributed by atoms with Gasteiger partial charge in [0.2, 0.25) is 0 Å². The van der Waals surface area contributed by atoms with Crippen molar-refractivity contribution < 1.29 is 14.7 Å². The average molecular weight is 283 g/mol. The summed E-state index contributed by atoms with van der Waals surface area (Å²) in [5, 5.41) is 8.89. The molecule has 2 aliphatic rings. The second-order valence-electron chi connectivity index (χ2n) is 5.83. The van der Waals surface area contributed by atoms with Crippen LogP contribution < -0.4 is 0 Å². The third kappa shape index (κ3) is 4.37. The fourth-order valence-electron chi connectivity index (χ4n) is 2.66. The molecule has 2 amide bonds. The maximum absolute atomic E-state index is 12.3. The van der Waals surface area contributed by atoms with Gasteiger partial charge in [-0.2, -0.15) is 0 Å². The van der Waals surface area contributed by atoms with Crippen LogP contribution in [0.2, 0.25) is 0 Å². The van der Waals surface area contributed by atoms with E-state index in [1.807, 2.05) is 6.92 Å². The van der Waals surface area contributed by atoms with Gasteiger partial charge in [-0.05, 0) is 25.2 Å². The summed E-state index contributed by atoms with van der Waals surface area (Å²) in [7, 11) is 0. The second kappa shape index (κ2) is 6.92. The number of nitrogens with zero attached hydrogens (tertiary/aromatic N) is 3. The van der Waals surface area contributed by atoms with Crippen LogP contribution in [0.1, 0.15) is 26.2 Å². The molecule has 1 heterocycles. The number of carbonyl (C=O) groups excluding carboxylic acids is 1. The Hall–Kier alpha value is -1.30. The van der Waals surface area contributed by atoms with Crippen LogP contribution in [0, 0.1) is 5.92 Å². The molecule has 0 aromatic heterocycles.